The van der Waals surface area contributed by atoms with Crippen LogP contribution in [0.15, 0.2) is 18.7 Å². The first kappa shape index (κ1) is 17.4. The average molecular weight is 275 g/mol. The third kappa shape index (κ3) is 5.61. The van der Waals surface area contributed by atoms with Gasteiger partial charge in [0.05, 0.1) is 6.33 Å². The van der Waals surface area contributed by atoms with Crippen LogP contribution in [0.5, 0.6) is 0 Å². The number of rotatable bonds is 2. The zero-order valence-electron chi connectivity index (χ0n) is 8.46. The summed E-state index contributed by atoms with van der Waals surface area (Å²) in [5, 5.41) is 3.41. The Morgan fingerprint density at radius 1 is 1.33 bits per heavy atom. The number of hydrogen-bond donors (Lipinski definition) is 1. The van der Waals surface area contributed by atoms with Gasteiger partial charge in [-0.15, -0.1) is 37.2 Å². The van der Waals surface area contributed by atoms with Gasteiger partial charge in [0.1, 0.15) is 0 Å². The molecule has 15 heavy (non-hydrogen) atoms. The molecule has 1 saturated heterocycles. The third-order valence-electron chi connectivity index (χ3n) is 2.43. The predicted molar refractivity (Wildman–Crippen MR) is 69.6 cm³/mol. The second kappa shape index (κ2) is 9.28. The molecule has 1 fully saturated rings. The minimum Gasteiger partial charge on any atom is -0.337 e. The van der Waals surface area contributed by atoms with E-state index in [-0.39, 0.29) is 37.2 Å². The topological polar surface area (TPSA) is 29.9 Å². The maximum atomic E-state index is 4.03. The van der Waals surface area contributed by atoms with Crippen LogP contribution in [0, 0.1) is 5.92 Å². The Morgan fingerprint density at radius 2 is 2.13 bits per heavy atom. The van der Waals surface area contributed by atoms with Crippen molar-refractivity contribution in [3.8, 4) is 0 Å². The Balaban J connectivity index is 0. The second-order valence-corrected chi connectivity index (χ2v) is 3.47. The van der Waals surface area contributed by atoms with E-state index in [1.165, 1.54) is 19.4 Å². The monoisotopic (exact) mass is 273 g/mol. The lowest BCUT2D eigenvalue weighted by molar-refractivity contribution is 0.337. The van der Waals surface area contributed by atoms with Gasteiger partial charge in [-0.25, -0.2) is 4.98 Å². The summed E-state index contributed by atoms with van der Waals surface area (Å²) in [6.45, 7) is 3.48. The van der Waals surface area contributed by atoms with Crippen LogP contribution in [0.2, 0.25) is 0 Å². The minimum atomic E-state index is 0. The van der Waals surface area contributed by atoms with Crippen molar-refractivity contribution in [1.82, 2.24) is 14.9 Å². The standard InChI is InChI=1S/C9H15N3.3ClH/c1-2-9(6-10-3-1)7-12-5-4-11-8-12;;;/h4-5,8-10H,1-3,6-7H2;3*1H. The van der Waals surface area contributed by atoms with Gasteiger partial charge < -0.3 is 9.88 Å². The second-order valence-electron chi connectivity index (χ2n) is 3.47. The predicted octanol–water partition coefficient (Wildman–Crippen LogP) is 2.15. The fourth-order valence-corrected chi connectivity index (χ4v) is 1.77. The van der Waals surface area contributed by atoms with Crippen molar-refractivity contribution in [2.24, 2.45) is 5.92 Å². The van der Waals surface area contributed by atoms with Crippen LogP contribution in [0.4, 0.5) is 0 Å². The SMILES string of the molecule is Cl.Cl.Cl.c1cn(CC2CCCNC2)cn1. The molecule has 0 radical (unpaired) electrons. The Hall–Kier alpha value is 0.0400. The van der Waals surface area contributed by atoms with Gasteiger partial charge in [-0.1, -0.05) is 0 Å². The molecule has 6 heteroatoms. The summed E-state index contributed by atoms with van der Waals surface area (Å²) in [7, 11) is 0. The number of nitrogens with zero attached hydrogens (tertiary/aromatic N) is 2. The molecule has 1 aliphatic rings. The van der Waals surface area contributed by atoms with Gasteiger partial charge in [0.15, 0.2) is 0 Å². The molecular weight excluding hydrogens is 256 g/mol. The van der Waals surface area contributed by atoms with Crippen LogP contribution in [0.3, 0.4) is 0 Å². The molecule has 3 nitrogen and oxygen atoms in total. The third-order valence-corrected chi connectivity index (χ3v) is 2.43. The molecule has 2 rings (SSSR count). The van der Waals surface area contributed by atoms with E-state index >= 15 is 0 Å². The van der Waals surface area contributed by atoms with E-state index in [1.807, 2.05) is 18.7 Å². The van der Waals surface area contributed by atoms with Gasteiger partial charge in [0.2, 0.25) is 0 Å². The van der Waals surface area contributed by atoms with E-state index in [2.05, 4.69) is 14.9 Å². The van der Waals surface area contributed by atoms with E-state index in [1.54, 1.807) is 0 Å². The lowest BCUT2D eigenvalue weighted by atomic mass is 10.00. The van der Waals surface area contributed by atoms with Crippen molar-refractivity contribution in [3.63, 3.8) is 0 Å². The summed E-state index contributed by atoms with van der Waals surface area (Å²) in [6, 6.07) is 0. The van der Waals surface area contributed by atoms with Crippen molar-refractivity contribution in [1.29, 1.82) is 0 Å². The number of hydrogen-bond acceptors (Lipinski definition) is 2. The first-order chi connectivity index (χ1) is 5.95. The van der Waals surface area contributed by atoms with Gasteiger partial charge in [-0.2, -0.15) is 0 Å². The maximum absolute atomic E-state index is 4.03. The highest BCUT2D eigenvalue weighted by atomic mass is 35.5. The van der Waals surface area contributed by atoms with Crippen LogP contribution in [0.1, 0.15) is 12.8 Å². The first-order valence-corrected chi connectivity index (χ1v) is 4.61. The van der Waals surface area contributed by atoms with Gasteiger partial charge >= 0.3 is 0 Å². The van der Waals surface area contributed by atoms with Gasteiger partial charge in [-0.05, 0) is 31.8 Å². The molecule has 0 saturated carbocycles. The van der Waals surface area contributed by atoms with Crippen LogP contribution in [0.25, 0.3) is 0 Å². The number of imidazole rings is 1. The minimum absolute atomic E-state index is 0. The van der Waals surface area contributed by atoms with Crippen LogP contribution >= 0.6 is 37.2 Å². The van der Waals surface area contributed by atoms with E-state index in [9.17, 15) is 0 Å². The molecule has 0 spiro atoms. The van der Waals surface area contributed by atoms with E-state index < -0.39 is 0 Å². The van der Waals surface area contributed by atoms with Crippen molar-refractivity contribution in [2.45, 2.75) is 19.4 Å². The highest BCUT2D eigenvalue weighted by molar-refractivity contribution is 5.86. The zero-order chi connectivity index (χ0) is 8.23. The lowest BCUT2D eigenvalue weighted by Crippen LogP contribution is -2.31. The molecular formula is C9H18Cl3N3. The highest BCUT2D eigenvalue weighted by Gasteiger charge is 2.12. The molecule has 0 aliphatic carbocycles. The van der Waals surface area contributed by atoms with E-state index in [4.69, 9.17) is 0 Å². The molecule has 1 aromatic rings. The van der Waals surface area contributed by atoms with Crippen molar-refractivity contribution in [2.75, 3.05) is 13.1 Å². The van der Waals surface area contributed by atoms with E-state index in [0.29, 0.717) is 0 Å². The van der Waals surface area contributed by atoms with Crippen molar-refractivity contribution < 1.29 is 0 Å². The van der Waals surface area contributed by atoms with Gasteiger partial charge in [0.25, 0.3) is 0 Å². The number of aromatic nitrogens is 2. The van der Waals surface area contributed by atoms with Gasteiger partial charge in [0, 0.05) is 18.9 Å². The Kier molecular flexibility index (Phi) is 10.8. The van der Waals surface area contributed by atoms with Crippen LogP contribution in [-0.4, -0.2) is 22.6 Å². The van der Waals surface area contributed by atoms with Gasteiger partial charge in [-0.3, -0.25) is 0 Å². The van der Waals surface area contributed by atoms with Crippen molar-refractivity contribution in [3.05, 3.63) is 18.7 Å². The summed E-state index contributed by atoms with van der Waals surface area (Å²) < 4.78 is 2.16. The normalized spacial score (nSPS) is 19.3. The van der Waals surface area contributed by atoms with E-state index in [0.717, 1.165) is 19.0 Å². The number of piperidine rings is 1. The molecule has 0 bridgehead atoms. The summed E-state index contributed by atoms with van der Waals surface area (Å²) in [6.07, 6.45) is 8.45. The summed E-state index contributed by atoms with van der Waals surface area (Å²) in [5.41, 5.74) is 0. The Morgan fingerprint density at radius 3 is 2.67 bits per heavy atom. The highest BCUT2D eigenvalue weighted by Crippen LogP contribution is 2.11. The fraction of sp³-hybridized carbons (Fsp3) is 0.667. The number of halogens is 3. The number of nitrogens with one attached hydrogen (secondary N) is 1. The molecule has 0 amide bonds. The molecule has 1 atom stereocenters. The summed E-state index contributed by atoms with van der Waals surface area (Å²) in [5.74, 6) is 0.799. The Labute approximate surface area is 109 Å². The first-order valence-electron chi connectivity index (χ1n) is 4.61. The molecule has 1 N–H and O–H groups in total. The zero-order valence-corrected chi connectivity index (χ0v) is 10.9. The molecule has 1 aliphatic heterocycles. The Bertz CT molecular complexity index is 223. The van der Waals surface area contributed by atoms with Crippen molar-refractivity contribution >= 4 is 37.2 Å². The molecule has 90 valence electrons. The molecule has 2 heterocycles. The molecule has 1 unspecified atom stereocenters. The average Bonchev–Trinajstić information content (AvgIpc) is 2.59. The largest absolute Gasteiger partial charge is 0.337 e. The lowest BCUT2D eigenvalue weighted by Gasteiger charge is -2.22. The molecule has 0 aromatic carbocycles. The summed E-state index contributed by atoms with van der Waals surface area (Å²) in [4.78, 5) is 4.03. The fourth-order valence-electron chi connectivity index (χ4n) is 1.77. The molecule has 1 aromatic heterocycles. The quantitative estimate of drug-likeness (QED) is 0.895. The summed E-state index contributed by atoms with van der Waals surface area (Å²) >= 11 is 0. The van der Waals surface area contributed by atoms with Crippen LogP contribution in [-0.2, 0) is 6.54 Å². The smallest absolute Gasteiger partial charge is 0.0946 e. The van der Waals surface area contributed by atoms with Crippen LogP contribution < -0.4 is 5.32 Å². The maximum Gasteiger partial charge on any atom is 0.0946 e.